The Balaban J connectivity index is 2.29. The Morgan fingerprint density at radius 1 is 1.21 bits per heavy atom. The second kappa shape index (κ2) is 4.79. The van der Waals surface area contributed by atoms with Crippen LogP contribution < -0.4 is 0 Å². The highest BCUT2D eigenvalue weighted by Gasteiger charge is 2.14. The molecule has 0 aliphatic rings. The molecular weight excluding hydrogens is 254 g/mol. The standard InChI is InChI=1S/C15H11N3S/c1-11-7-8-18-13(9-11)17-14(15(18)19-10-16)12-5-3-2-4-6-12/h2-9H,1H3. The summed E-state index contributed by atoms with van der Waals surface area (Å²) in [7, 11) is 0. The fourth-order valence-corrected chi connectivity index (χ4v) is 2.65. The fourth-order valence-electron chi connectivity index (χ4n) is 2.05. The van der Waals surface area contributed by atoms with Crippen molar-refractivity contribution in [3.05, 3.63) is 54.2 Å². The average Bonchev–Trinajstić information content (AvgIpc) is 2.78. The van der Waals surface area contributed by atoms with E-state index in [9.17, 15) is 0 Å². The first kappa shape index (κ1) is 11.8. The predicted molar refractivity (Wildman–Crippen MR) is 76.8 cm³/mol. The van der Waals surface area contributed by atoms with Gasteiger partial charge in [0.2, 0.25) is 0 Å². The molecule has 0 radical (unpaired) electrons. The number of imidazole rings is 1. The lowest BCUT2D eigenvalue weighted by Gasteiger charge is -2.00. The molecule has 0 bridgehead atoms. The lowest BCUT2D eigenvalue weighted by atomic mass is 10.2. The topological polar surface area (TPSA) is 41.1 Å². The van der Waals surface area contributed by atoms with Gasteiger partial charge in [-0.3, -0.25) is 4.40 Å². The van der Waals surface area contributed by atoms with E-state index in [0.29, 0.717) is 0 Å². The lowest BCUT2D eigenvalue weighted by Crippen LogP contribution is -1.86. The zero-order chi connectivity index (χ0) is 13.2. The van der Waals surface area contributed by atoms with Crippen LogP contribution in [0.2, 0.25) is 0 Å². The van der Waals surface area contributed by atoms with Crippen LogP contribution in [-0.4, -0.2) is 9.38 Å². The van der Waals surface area contributed by atoms with E-state index in [1.165, 1.54) is 0 Å². The molecule has 0 aliphatic heterocycles. The summed E-state index contributed by atoms with van der Waals surface area (Å²) in [6, 6.07) is 14.0. The molecule has 0 saturated carbocycles. The number of nitriles is 1. The third kappa shape index (κ3) is 2.09. The van der Waals surface area contributed by atoms with E-state index in [0.717, 1.165) is 39.3 Å². The predicted octanol–water partition coefficient (Wildman–Crippen LogP) is 3.88. The third-order valence-corrected chi connectivity index (χ3v) is 3.60. The number of fused-ring (bicyclic) bond motifs is 1. The second-order valence-electron chi connectivity index (χ2n) is 4.26. The Morgan fingerprint density at radius 2 is 2.00 bits per heavy atom. The molecule has 3 rings (SSSR count). The molecule has 0 spiro atoms. The van der Waals surface area contributed by atoms with Crippen molar-refractivity contribution < 1.29 is 0 Å². The van der Waals surface area contributed by atoms with E-state index in [4.69, 9.17) is 5.26 Å². The first-order valence-corrected chi connectivity index (χ1v) is 6.71. The van der Waals surface area contributed by atoms with Crippen molar-refractivity contribution in [1.82, 2.24) is 9.38 Å². The third-order valence-electron chi connectivity index (χ3n) is 2.93. The summed E-state index contributed by atoms with van der Waals surface area (Å²) in [5.41, 5.74) is 3.92. The van der Waals surface area contributed by atoms with Crippen molar-refractivity contribution in [3.63, 3.8) is 0 Å². The number of thioether (sulfide) groups is 1. The number of benzene rings is 1. The second-order valence-corrected chi connectivity index (χ2v) is 5.03. The summed E-state index contributed by atoms with van der Waals surface area (Å²) < 4.78 is 1.96. The number of hydrogen-bond donors (Lipinski definition) is 0. The summed E-state index contributed by atoms with van der Waals surface area (Å²) in [6.45, 7) is 2.04. The maximum Gasteiger partial charge on any atom is 0.140 e. The number of rotatable bonds is 2. The van der Waals surface area contributed by atoms with Gasteiger partial charge in [0, 0.05) is 23.5 Å². The molecule has 0 fully saturated rings. The van der Waals surface area contributed by atoms with Crippen LogP contribution in [0.4, 0.5) is 0 Å². The van der Waals surface area contributed by atoms with Crippen LogP contribution in [0.1, 0.15) is 5.56 Å². The molecule has 19 heavy (non-hydrogen) atoms. The lowest BCUT2D eigenvalue weighted by molar-refractivity contribution is 1.05. The van der Waals surface area contributed by atoms with Gasteiger partial charge < -0.3 is 0 Å². The van der Waals surface area contributed by atoms with Crippen molar-refractivity contribution in [3.8, 4) is 16.7 Å². The van der Waals surface area contributed by atoms with Gasteiger partial charge in [-0.15, -0.1) is 0 Å². The van der Waals surface area contributed by atoms with E-state index >= 15 is 0 Å². The minimum atomic E-state index is 0.859. The number of aromatic nitrogens is 2. The Hall–Kier alpha value is -2.25. The van der Waals surface area contributed by atoms with Crippen molar-refractivity contribution in [2.45, 2.75) is 11.9 Å². The molecule has 4 heteroatoms. The normalized spacial score (nSPS) is 10.5. The van der Waals surface area contributed by atoms with Crippen molar-refractivity contribution >= 4 is 17.4 Å². The molecule has 3 nitrogen and oxygen atoms in total. The Labute approximate surface area is 115 Å². The van der Waals surface area contributed by atoms with Crippen molar-refractivity contribution in [1.29, 1.82) is 5.26 Å². The van der Waals surface area contributed by atoms with Gasteiger partial charge in [0.1, 0.15) is 21.8 Å². The first-order valence-electron chi connectivity index (χ1n) is 5.89. The zero-order valence-electron chi connectivity index (χ0n) is 10.4. The molecule has 0 aliphatic carbocycles. The van der Waals surface area contributed by atoms with Crippen LogP contribution in [0, 0.1) is 17.6 Å². The highest BCUT2D eigenvalue weighted by molar-refractivity contribution is 8.03. The molecule has 0 amide bonds. The number of nitrogens with zero attached hydrogens (tertiary/aromatic N) is 3. The summed E-state index contributed by atoms with van der Waals surface area (Å²) in [4.78, 5) is 4.65. The fraction of sp³-hybridized carbons (Fsp3) is 0.0667. The molecular formula is C15H11N3S. The maximum atomic E-state index is 9.00. The Morgan fingerprint density at radius 3 is 2.74 bits per heavy atom. The van der Waals surface area contributed by atoms with Crippen LogP contribution in [0.15, 0.2) is 53.7 Å². The highest BCUT2D eigenvalue weighted by Crippen LogP contribution is 2.31. The van der Waals surface area contributed by atoms with Crippen LogP contribution in [-0.2, 0) is 0 Å². The molecule has 2 aromatic heterocycles. The smallest absolute Gasteiger partial charge is 0.140 e. The van der Waals surface area contributed by atoms with E-state index < -0.39 is 0 Å². The largest absolute Gasteiger partial charge is 0.293 e. The van der Waals surface area contributed by atoms with E-state index in [1.807, 2.05) is 60.0 Å². The van der Waals surface area contributed by atoms with Gasteiger partial charge in [-0.25, -0.2) is 4.98 Å². The van der Waals surface area contributed by atoms with Gasteiger partial charge in [-0.05, 0) is 24.6 Å². The minimum Gasteiger partial charge on any atom is -0.293 e. The van der Waals surface area contributed by atoms with Gasteiger partial charge in [0.15, 0.2) is 0 Å². The highest BCUT2D eigenvalue weighted by atomic mass is 32.2. The van der Waals surface area contributed by atoms with E-state index in [2.05, 4.69) is 10.4 Å². The SMILES string of the molecule is Cc1ccn2c(SC#N)c(-c3ccccc3)nc2c1. The Kier molecular flexibility index (Phi) is 2.98. The quantitative estimate of drug-likeness (QED) is 0.521. The maximum absolute atomic E-state index is 9.00. The Bertz CT molecular complexity index is 769. The summed E-state index contributed by atoms with van der Waals surface area (Å²) in [5, 5.41) is 12.0. The van der Waals surface area contributed by atoms with Crippen LogP contribution in [0.5, 0.6) is 0 Å². The number of hydrogen-bond acceptors (Lipinski definition) is 3. The van der Waals surface area contributed by atoms with Gasteiger partial charge in [-0.1, -0.05) is 30.3 Å². The van der Waals surface area contributed by atoms with Gasteiger partial charge in [0.05, 0.1) is 0 Å². The van der Waals surface area contributed by atoms with Crippen LogP contribution in [0.3, 0.4) is 0 Å². The molecule has 92 valence electrons. The minimum absolute atomic E-state index is 0.859. The molecule has 0 saturated heterocycles. The molecule has 3 aromatic rings. The van der Waals surface area contributed by atoms with Crippen LogP contribution in [0.25, 0.3) is 16.9 Å². The number of thiocyanates is 1. The van der Waals surface area contributed by atoms with Crippen LogP contribution >= 0.6 is 11.8 Å². The van der Waals surface area contributed by atoms with Gasteiger partial charge >= 0.3 is 0 Å². The summed E-state index contributed by atoms with van der Waals surface area (Å²) in [5.74, 6) is 0. The van der Waals surface area contributed by atoms with E-state index in [-0.39, 0.29) is 0 Å². The molecule has 0 unspecified atom stereocenters. The first-order chi connectivity index (χ1) is 9.29. The summed E-state index contributed by atoms with van der Waals surface area (Å²) in [6.07, 6.45) is 1.96. The van der Waals surface area contributed by atoms with Crippen molar-refractivity contribution in [2.24, 2.45) is 0 Å². The summed E-state index contributed by atoms with van der Waals surface area (Å²) >= 11 is 1.14. The molecule has 0 N–H and O–H groups in total. The van der Waals surface area contributed by atoms with E-state index in [1.54, 1.807) is 0 Å². The van der Waals surface area contributed by atoms with Crippen molar-refractivity contribution in [2.75, 3.05) is 0 Å². The average molecular weight is 265 g/mol. The monoisotopic (exact) mass is 265 g/mol. The zero-order valence-corrected chi connectivity index (χ0v) is 11.2. The number of pyridine rings is 1. The number of aryl methyl sites for hydroxylation is 1. The van der Waals surface area contributed by atoms with Gasteiger partial charge in [-0.2, -0.15) is 5.26 Å². The molecule has 0 atom stereocenters. The molecule has 1 aromatic carbocycles. The van der Waals surface area contributed by atoms with Gasteiger partial charge in [0.25, 0.3) is 0 Å². The molecule has 2 heterocycles.